The van der Waals surface area contributed by atoms with Crippen LogP contribution in [0.5, 0.6) is 5.75 Å². The second kappa shape index (κ2) is 6.44. The Bertz CT molecular complexity index is 586. The van der Waals surface area contributed by atoms with Crippen molar-refractivity contribution in [2.75, 3.05) is 11.9 Å². The Morgan fingerprint density at radius 3 is 2.35 bits per heavy atom. The molecule has 2 aromatic rings. The van der Waals surface area contributed by atoms with Gasteiger partial charge in [-0.05, 0) is 31.2 Å². The number of benzene rings is 2. The van der Waals surface area contributed by atoms with Crippen molar-refractivity contribution in [3.05, 3.63) is 59.6 Å². The van der Waals surface area contributed by atoms with Crippen molar-refractivity contribution < 1.29 is 9.53 Å². The third-order valence-electron chi connectivity index (χ3n) is 2.96. The molecule has 104 valence electrons. The van der Waals surface area contributed by atoms with Crippen molar-refractivity contribution in [3.8, 4) is 5.75 Å². The monoisotopic (exact) mass is 289 g/mol. The molecular weight excluding hydrogens is 274 g/mol. The maximum atomic E-state index is 12.3. The van der Waals surface area contributed by atoms with Gasteiger partial charge in [-0.1, -0.05) is 41.9 Å². The number of anilines is 1. The lowest BCUT2D eigenvalue weighted by atomic mass is 10.2. The molecule has 20 heavy (non-hydrogen) atoms. The zero-order valence-corrected chi connectivity index (χ0v) is 12.2. The van der Waals surface area contributed by atoms with E-state index in [9.17, 15) is 4.79 Å². The predicted molar refractivity (Wildman–Crippen MR) is 81.4 cm³/mol. The molecule has 0 unspecified atom stereocenters. The van der Waals surface area contributed by atoms with E-state index >= 15 is 0 Å². The Hall–Kier alpha value is -2.00. The Balaban J connectivity index is 2.08. The third-order valence-corrected chi connectivity index (χ3v) is 3.27. The Kier molecular flexibility index (Phi) is 4.64. The highest BCUT2D eigenvalue weighted by Gasteiger charge is 2.20. The molecule has 2 rings (SSSR count). The normalized spacial score (nSPS) is 11.8. The summed E-state index contributed by atoms with van der Waals surface area (Å²) in [5.41, 5.74) is 0.826. The minimum atomic E-state index is -0.611. The second-order valence-electron chi connectivity index (χ2n) is 4.42. The average molecular weight is 290 g/mol. The molecule has 2 aromatic carbocycles. The number of hydrogen-bond donors (Lipinski definition) is 0. The summed E-state index contributed by atoms with van der Waals surface area (Å²) in [5.74, 6) is 0.382. The molecule has 0 bridgehead atoms. The van der Waals surface area contributed by atoms with Gasteiger partial charge < -0.3 is 9.64 Å². The Morgan fingerprint density at radius 1 is 1.10 bits per heavy atom. The number of amides is 1. The van der Waals surface area contributed by atoms with Crippen LogP contribution in [0.3, 0.4) is 0 Å². The third kappa shape index (κ3) is 3.31. The number of nitrogens with zero attached hydrogens (tertiary/aromatic N) is 1. The van der Waals surface area contributed by atoms with Gasteiger partial charge in [0, 0.05) is 12.7 Å². The highest BCUT2D eigenvalue weighted by molar-refractivity contribution is 6.32. The molecule has 0 radical (unpaired) electrons. The molecule has 1 atom stereocenters. The number of carbonyl (C=O) groups is 1. The number of hydrogen-bond acceptors (Lipinski definition) is 2. The van der Waals surface area contributed by atoms with Gasteiger partial charge in [0.15, 0.2) is 6.10 Å². The van der Waals surface area contributed by atoms with Gasteiger partial charge in [-0.2, -0.15) is 0 Å². The smallest absolute Gasteiger partial charge is 0.267 e. The van der Waals surface area contributed by atoms with Crippen molar-refractivity contribution >= 4 is 23.2 Å². The SMILES string of the molecule is C[C@H](Oc1ccccc1Cl)C(=O)N(C)c1ccccc1. The molecule has 0 aliphatic carbocycles. The van der Waals surface area contributed by atoms with Crippen molar-refractivity contribution in [2.24, 2.45) is 0 Å². The lowest BCUT2D eigenvalue weighted by molar-refractivity contribution is -0.124. The van der Waals surface area contributed by atoms with Crippen LogP contribution < -0.4 is 9.64 Å². The van der Waals surface area contributed by atoms with E-state index in [1.54, 1.807) is 31.0 Å². The molecule has 0 N–H and O–H groups in total. The van der Waals surface area contributed by atoms with Gasteiger partial charge in [0.1, 0.15) is 5.75 Å². The molecule has 0 fully saturated rings. The minimum absolute atomic E-state index is 0.129. The van der Waals surface area contributed by atoms with Gasteiger partial charge in [-0.25, -0.2) is 0 Å². The fourth-order valence-electron chi connectivity index (χ4n) is 1.83. The molecule has 0 heterocycles. The van der Waals surface area contributed by atoms with Crippen LogP contribution in [0.2, 0.25) is 5.02 Å². The van der Waals surface area contributed by atoms with Crippen molar-refractivity contribution in [2.45, 2.75) is 13.0 Å². The number of carbonyl (C=O) groups excluding carboxylic acids is 1. The predicted octanol–water partition coefficient (Wildman–Crippen LogP) is 3.77. The van der Waals surface area contributed by atoms with Crippen LogP contribution in [0.1, 0.15) is 6.92 Å². The Labute approximate surface area is 123 Å². The summed E-state index contributed by atoms with van der Waals surface area (Å²) < 4.78 is 5.63. The van der Waals surface area contributed by atoms with Crippen LogP contribution in [0.4, 0.5) is 5.69 Å². The molecule has 0 saturated carbocycles. The highest BCUT2D eigenvalue weighted by atomic mass is 35.5. The largest absolute Gasteiger partial charge is 0.479 e. The quantitative estimate of drug-likeness (QED) is 0.857. The van der Waals surface area contributed by atoms with E-state index in [4.69, 9.17) is 16.3 Å². The number of halogens is 1. The summed E-state index contributed by atoms with van der Waals surface area (Å²) in [4.78, 5) is 13.9. The maximum Gasteiger partial charge on any atom is 0.267 e. The lowest BCUT2D eigenvalue weighted by Crippen LogP contribution is -2.38. The van der Waals surface area contributed by atoms with E-state index in [2.05, 4.69) is 0 Å². The summed E-state index contributed by atoms with van der Waals surface area (Å²) in [6.07, 6.45) is -0.611. The highest BCUT2D eigenvalue weighted by Crippen LogP contribution is 2.25. The average Bonchev–Trinajstić information content (AvgIpc) is 2.49. The number of para-hydroxylation sites is 2. The first-order chi connectivity index (χ1) is 9.59. The molecule has 1 amide bonds. The summed E-state index contributed by atoms with van der Waals surface area (Å²) in [6, 6.07) is 16.5. The summed E-state index contributed by atoms with van der Waals surface area (Å²) in [7, 11) is 1.73. The van der Waals surface area contributed by atoms with Gasteiger partial charge >= 0.3 is 0 Å². The van der Waals surface area contributed by atoms with E-state index in [1.807, 2.05) is 42.5 Å². The van der Waals surface area contributed by atoms with Crippen LogP contribution in [-0.2, 0) is 4.79 Å². The lowest BCUT2D eigenvalue weighted by Gasteiger charge is -2.22. The van der Waals surface area contributed by atoms with E-state index in [0.29, 0.717) is 10.8 Å². The first-order valence-corrected chi connectivity index (χ1v) is 6.71. The number of likely N-dealkylation sites (N-methyl/N-ethyl adjacent to an activating group) is 1. The summed E-state index contributed by atoms with van der Waals surface area (Å²) in [6.45, 7) is 1.71. The first kappa shape index (κ1) is 14.4. The standard InChI is InChI=1S/C16H16ClNO2/c1-12(20-15-11-7-6-10-14(15)17)16(19)18(2)13-8-4-3-5-9-13/h3-12H,1-2H3/t12-/m0/s1. The zero-order chi connectivity index (χ0) is 14.5. The van der Waals surface area contributed by atoms with E-state index in [0.717, 1.165) is 5.69 Å². The van der Waals surface area contributed by atoms with Crippen molar-refractivity contribution in [1.29, 1.82) is 0 Å². The number of ether oxygens (including phenoxy) is 1. The van der Waals surface area contributed by atoms with Crippen LogP contribution in [-0.4, -0.2) is 19.1 Å². The maximum absolute atomic E-state index is 12.3. The van der Waals surface area contributed by atoms with Gasteiger partial charge in [0.2, 0.25) is 0 Å². The summed E-state index contributed by atoms with van der Waals surface area (Å²) >= 11 is 6.02. The van der Waals surface area contributed by atoms with E-state index in [-0.39, 0.29) is 5.91 Å². The molecule has 0 aromatic heterocycles. The van der Waals surface area contributed by atoms with E-state index in [1.165, 1.54) is 0 Å². The van der Waals surface area contributed by atoms with Gasteiger partial charge in [-0.3, -0.25) is 4.79 Å². The fraction of sp³-hybridized carbons (Fsp3) is 0.188. The first-order valence-electron chi connectivity index (χ1n) is 6.33. The molecule has 4 heteroatoms. The zero-order valence-electron chi connectivity index (χ0n) is 11.4. The molecule has 0 spiro atoms. The van der Waals surface area contributed by atoms with Crippen LogP contribution in [0.25, 0.3) is 0 Å². The Morgan fingerprint density at radius 2 is 1.70 bits per heavy atom. The van der Waals surface area contributed by atoms with Crippen LogP contribution in [0.15, 0.2) is 54.6 Å². The molecule has 3 nitrogen and oxygen atoms in total. The van der Waals surface area contributed by atoms with Crippen LogP contribution >= 0.6 is 11.6 Å². The molecular formula is C16H16ClNO2. The van der Waals surface area contributed by atoms with Crippen molar-refractivity contribution in [1.82, 2.24) is 0 Å². The van der Waals surface area contributed by atoms with Crippen molar-refractivity contribution in [3.63, 3.8) is 0 Å². The van der Waals surface area contributed by atoms with Gasteiger partial charge in [0.05, 0.1) is 5.02 Å². The minimum Gasteiger partial charge on any atom is -0.479 e. The fourth-order valence-corrected chi connectivity index (χ4v) is 2.01. The number of rotatable bonds is 4. The van der Waals surface area contributed by atoms with Gasteiger partial charge in [0.25, 0.3) is 5.91 Å². The van der Waals surface area contributed by atoms with Crippen LogP contribution in [0, 0.1) is 0 Å². The topological polar surface area (TPSA) is 29.5 Å². The van der Waals surface area contributed by atoms with E-state index < -0.39 is 6.10 Å². The van der Waals surface area contributed by atoms with Gasteiger partial charge in [-0.15, -0.1) is 0 Å². The molecule has 0 aliphatic heterocycles. The molecule has 0 aliphatic rings. The molecule has 0 saturated heterocycles. The second-order valence-corrected chi connectivity index (χ2v) is 4.83. The summed E-state index contributed by atoms with van der Waals surface area (Å²) in [5, 5.41) is 0.495.